The fraction of sp³-hybridized carbons (Fsp3) is 0.800. The Morgan fingerprint density at radius 3 is 2.67 bits per heavy atom. The zero-order valence-corrected chi connectivity index (χ0v) is 7.02. The fourth-order valence-electron chi connectivity index (χ4n) is 1.49. The SMILES string of the molecule is O=C1NNC2CS(=O)(=O)CC2N1. The summed E-state index contributed by atoms with van der Waals surface area (Å²) in [5, 5.41) is 2.54. The number of rotatable bonds is 0. The highest BCUT2D eigenvalue weighted by molar-refractivity contribution is 7.91. The third-order valence-corrected chi connectivity index (χ3v) is 3.77. The van der Waals surface area contributed by atoms with E-state index < -0.39 is 9.84 Å². The lowest BCUT2D eigenvalue weighted by atomic mass is 10.2. The van der Waals surface area contributed by atoms with Crippen molar-refractivity contribution in [2.75, 3.05) is 11.5 Å². The summed E-state index contributed by atoms with van der Waals surface area (Å²) in [6.07, 6.45) is 0. The standard InChI is InChI=1S/C5H9N3O3S/c9-5-6-3-1-12(10,11)2-4(3)7-8-5/h3-4,7H,1-2H2,(H2,6,8,9). The maximum atomic E-state index is 11.1. The molecular formula is C5H9N3O3S. The summed E-state index contributed by atoms with van der Waals surface area (Å²) >= 11 is 0. The first kappa shape index (κ1) is 7.81. The second-order valence-electron chi connectivity index (χ2n) is 3.03. The number of amides is 2. The van der Waals surface area contributed by atoms with Crippen molar-refractivity contribution in [1.82, 2.24) is 16.2 Å². The van der Waals surface area contributed by atoms with Gasteiger partial charge in [0.1, 0.15) is 0 Å². The van der Waals surface area contributed by atoms with E-state index in [-0.39, 0.29) is 29.6 Å². The summed E-state index contributed by atoms with van der Waals surface area (Å²) in [7, 11) is -2.97. The third-order valence-electron chi connectivity index (χ3n) is 2.04. The Balaban J connectivity index is 2.17. The van der Waals surface area contributed by atoms with E-state index in [0.717, 1.165) is 0 Å². The van der Waals surface area contributed by atoms with E-state index in [1.807, 2.05) is 0 Å². The van der Waals surface area contributed by atoms with Crippen molar-refractivity contribution in [1.29, 1.82) is 0 Å². The van der Waals surface area contributed by atoms with Gasteiger partial charge in [0, 0.05) is 0 Å². The Morgan fingerprint density at radius 1 is 1.25 bits per heavy atom. The van der Waals surface area contributed by atoms with Crippen LogP contribution in [-0.4, -0.2) is 38.0 Å². The molecule has 0 bridgehead atoms. The summed E-state index contributed by atoms with van der Waals surface area (Å²) in [4.78, 5) is 10.7. The van der Waals surface area contributed by atoms with Crippen LogP contribution in [0, 0.1) is 0 Å². The number of sulfone groups is 1. The first-order chi connectivity index (χ1) is 5.57. The average Bonchev–Trinajstić information content (AvgIpc) is 2.21. The summed E-state index contributed by atoms with van der Waals surface area (Å²) in [5.41, 5.74) is 4.97. The van der Waals surface area contributed by atoms with Gasteiger partial charge in [0.2, 0.25) is 0 Å². The average molecular weight is 191 g/mol. The van der Waals surface area contributed by atoms with Crippen molar-refractivity contribution in [2.45, 2.75) is 12.1 Å². The number of hydrogen-bond acceptors (Lipinski definition) is 4. The Labute approximate surface area is 69.6 Å². The second-order valence-corrected chi connectivity index (χ2v) is 5.19. The van der Waals surface area contributed by atoms with Gasteiger partial charge in [0.25, 0.3) is 0 Å². The van der Waals surface area contributed by atoms with Gasteiger partial charge in [-0.2, -0.15) is 0 Å². The molecule has 68 valence electrons. The van der Waals surface area contributed by atoms with E-state index in [0.29, 0.717) is 0 Å². The van der Waals surface area contributed by atoms with E-state index in [1.165, 1.54) is 0 Å². The van der Waals surface area contributed by atoms with Gasteiger partial charge in [-0.3, -0.25) is 5.43 Å². The minimum atomic E-state index is -2.97. The molecule has 0 aliphatic carbocycles. The molecule has 2 aliphatic rings. The normalized spacial score (nSPS) is 38.2. The lowest BCUT2D eigenvalue weighted by Gasteiger charge is -2.26. The van der Waals surface area contributed by atoms with E-state index in [2.05, 4.69) is 16.2 Å². The Kier molecular flexibility index (Phi) is 1.52. The van der Waals surface area contributed by atoms with Crippen molar-refractivity contribution in [3.63, 3.8) is 0 Å². The van der Waals surface area contributed by atoms with Gasteiger partial charge in [-0.15, -0.1) is 0 Å². The Hall–Kier alpha value is -0.820. The Morgan fingerprint density at radius 2 is 1.92 bits per heavy atom. The third kappa shape index (κ3) is 1.25. The van der Waals surface area contributed by atoms with Crippen LogP contribution in [0.4, 0.5) is 4.79 Å². The molecule has 0 saturated carbocycles. The van der Waals surface area contributed by atoms with Gasteiger partial charge in [-0.1, -0.05) is 0 Å². The zero-order chi connectivity index (χ0) is 8.77. The molecule has 2 heterocycles. The lowest BCUT2D eigenvalue weighted by Crippen LogP contribution is -2.64. The van der Waals surface area contributed by atoms with Gasteiger partial charge < -0.3 is 5.32 Å². The van der Waals surface area contributed by atoms with Crippen LogP contribution < -0.4 is 16.2 Å². The predicted molar refractivity (Wildman–Crippen MR) is 41.0 cm³/mol. The van der Waals surface area contributed by atoms with Crippen LogP contribution in [0.15, 0.2) is 0 Å². The number of urea groups is 1. The number of carbonyl (C=O) groups is 1. The monoisotopic (exact) mass is 191 g/mol. The van der Waals surface area contributed by atoms with Crippen molar-refractivity contribution >= 4 is 15.9 Å². The minimum absolute atomic E-state index is 0.0398. The molecule has 2 amide bonds. The minimum Gasteiger partial charge on any atom is -0.332 e. The van der Waals surface area contributed by atoms with E-state index in [4.69, 9.17) is 0 Å². The Bertz CT molecular complexity index is 312. The van der Waals surface area contributed by atoms with Crippen LogP contribution in [-0.2, 0) is 9.84 Å². The maximum absolute atomic E-state index is 11.1. The summed E-state index contributed by atoms with van der Waals surface area (Å²) in [6.45, 7) is 0. The maximum Gasteiger partial charge on any atom is 0.329 e. The van der Waals surface area contributed by atoms with Gasteiger partial charge in [-0.05, 0) is 0 Å². The summed E-state index contributed by atoms with van der Waals surface area (Å²) < 4.78 is 22.2. The molecule has 0 aromatic rings. The van der Waals surface area contributed by atoms with E-state index in [1.54, 1.807) is 0 Å². The van der Waals surface area contributed by atoms with Crippen molar-refractivity contribution in [3.05, 3.63) is 0 Å². The molecule has 0 radical (unpaired) electrons. The van der Waals surface area contributed by atoms with E-state index >= 15 is 0 Å². The molecule has 2 fully saturated rings. The van der Waals surface area contributed by atoms with Gasteiger partial charge in [-0.25, -0.2) is 18.6 Å². The largest absolute Gasteiger partial charge is 0.332 e. The van der Waals surface area contributed by atoms with Crippen LogP contribution in [0.2, 0.25) is 0 Å². The molecule has 0 aromatic carbocycles. The predicted octanol–water partition coefficient (Wildman–Crippen LogP) is -2.03. The molecule has 6 nitrogen and oxygen atoms in total. The number of carbonyl (C=O) groups excluding carboxylic acids is 1. The van der Waals surface area contributed by atoms with Gasteiger partial charge in [0.05, 0.1) is 23.6 Å². The molecule has 2 atom stereocenters. The molecule has 2 rings (SSSR count). The van der Waals surface area contributed by atoms with Crippen LogP contribution in [0.25, 0.3) is 0 Å². The van der Waals surface area contributed by atoms with Crippen molar-refractivity contribution in [2.24, 2.45) is 0 Å². The first-order valence-electron chi connectivity index (χ1n) is 3.59. The number of hydrogen-bond donors (Lipinski definition) is 3. The topological polar surface area (TPSA) is 87.3 Å². The number of fused-ring (bicyclic) bond motifs is 1. The molecule has 0 aromatic heterocycles. The van der Waals surface area contributed by atoms with Crippen LogP contribution in [0.3, 0.4) is 0 Å². The van der Waals surface area contributed by atoms with E-state index in [9.17, 15) is 13.2 Å². The number of hydrazine groups is 1. The second kappa shape index (κ2) is 2.33. The first-order valence-corrected chi connectivity index (χ1v) is 5.41. The van der Waals surface area contributed by atoms with Crippen molar-refractivity contribution in [3.8, 4) is 0 Å². The smallest absolute Gasteiger partial charge is 0.329 e. The molecule has 3 N–H and O–H groups in total. The van der Waals surface area contributed by atoms with Gasteiger partial charge in [0.15, 0.2) is 9.84 Å². The molecular weight excluding hydrogens is 182 g/mol. The highest BCUT2D eigenvalue weighted by atomic mass is 32.2. The van der Waals surface area contributed by atoms with Gasteiger partial charge >= 0.3 is 6.03 Å². The lowest BCUT2D eigenvalue weighted by molar-refractivity contribution is 0.216. The van der Waals surface area contributed by atoms with Crippen LogP contribution in [0.1, 0.15) is 0 Å². The summed E-state index contributed by atoms with van der Waals surface area (Å²) in [6, 6.07) is -0.829. The molecule has 7 heteroatoms. The fourth-order valence-corrected chi connectivity index (χ4v) is 3.36. The quantitative estimate of drug-likeness (QED) is 0.412. The highest BCUT2D eigenvalue weighted by Gasteiger charge is 2.40. The molecule has 12 heavy (non-hydrogen) atoms. The molecule has 2 aliphatic heterocycles. The van der Waals surface area contributed by atoms with Crippen LogP contribution >= 0.6 is 0 Å². The highest BCUT2D eigenvalue weighted by Crippen LogP contribution is 2.13. The summed E-state index contributed by atoms with van der Waals surface area (Å²) in [5.74, 6) is 0.128. The number of nitrogens with one attached hydrogen (secondary N) is 3. The molecule has 0 spiro atoms. The molecule has 2 unspecified atom stereocenters. The molecule has 2 saturated heterocycles. The van der Waals surface area contributed by atoms with Crippen molar-refractivity contribution < 1.29 is 13.2 Å². The zero-order valence-electron chi connectivity index (χ0n) is 6.20. The van der Waals surface area contributed by atoms with Crippen LogP contribution in [0.5, 0.6) is 0 Å².